The maximum absolute atomic E-state index is 12.2. The molecule has 0 bridgehead atoms. The molecule has 0 spiro atoms. The predicted octanol–water partition coefficient (Wildman–Crippen LogP) is 4.99. The number of carbonyl (C=O) groups is 1. The Bertz CT molecular complexity index is 1150. The van der Waals surface area contributed by atoms with Gasteiger partial charge in [0.05, 0.1) is 30.7 Å². The van der Waals surface area contributed by atoms with Gasteiger partial charge >= 0.3 is 6.09 Å². The second-order valence-corrected chi connectivity index (χ2v) is 10.1. The summed E-state index contributed by atoms with van der Waals surface area (Å²) in [5.74, 6) is 0.484. The highest BCUT2D eigenvalue weighted by Gasteiger charge is 2.19. The zero-order chi connectivity index (χ0) is 26.3. The van der Waals surface area contributed by atoms with Crippen molar-refractivity contribution in [1.82, 2.24) is 24.6 Å². The molecule has 3 aromatic rings. The summed E-state index contributed by atoms with van der Waals surface area (Å²) in [6.45, 7) is 7.97. The number of amides is 1. The van der Waals surface area contributed by atoms with Crippen LogP contribution in [-0.2, 0) is 27.3 Å². The number of benzene rings is 1. The van der Waals surface area contributed by atoms with E-state index < -0.39 is 5.60 Å². The third-order valence-corrected chi connectivity index (χ3v) is 5.68. The summed E-state index contributed by atoms with van der Waals surface area (Å²) in [7, 11) is 1.73. The van der Waals surface area contributed by atoms with Gasteiger partial charge in [0, 0.05) is 38.2 Å². The highest BCUT2D eigenvalue weighted by atomic mass is 16.7. The van der Waals surface area contributed by atoms with E-state index in [0.29, 0.717) is 25.6 Å². The van der Waals surface area contributed by atoms with E-state index >= 15 is 0 Å². The van der Waals surface area contributed by atoms with Gasteiger partial charge in [-0.1, -0.05) is 24.3 Å². The van der Waals surface area contributed by atoms with Crippen molar-refractivity contribution in [1.29, 1.82) is 0 Å². The zero-order valence-corrected chi connectivity index (χ0v) is 22.0. The number of ether oxygens (including phenoxy) is 3. The van der Waals surface area contributed by atoms with Crippen molar-refractivity contribution in [3.05, 3.63) is 54.5 Å². The Morgan fingerprint density at radius 2 is 2.03 bits per heavy atom. The molecule has 2 aromatic heterocycles. The van der Waals surface area contributed by atoms with E-state index in [4.69, 9.17) is 14.2 Å². The molecule has 1 fully saturated rings. The molecule has 0 saturated carbocycles. The Kier molecular flexibility index (Phi) is 8.73. The largest absolute Gasteiger partial charge is 0.444 e. The lowest BCUT2D eigenvalue weighted by atomic mass is 10.1. The summed E-state index contributed by atoms with van der Waals surface area (Å²) in [6, 6.07) is 9.80. The van der Waals surface area contributed by atoms with E-state index in [9.17, 15) is 4.79 Å². The maximum atomic E-state index is 12.2. The normalized spacial score (nSPS) is 15.8. The maximum Gasteiger partial charge on any atom is 0.410 e. The third-order valence-electron chi connectivity index (χ3n) is 5.68. The SMILES string of the molecule is CN(Cc1ccc(-c2ccnc(Nc3cnn(CCOC4CCCCO4)c3)n2)cc1)C(=O)OC(C)(C)C. The Hall–Kier alpha value is -3.50. The fourth-order valence-corrected chi connectivity index (χ4v) is 3.84. The summed E-state index contributed by atoms with van der Waals surface area (Å²) >= 11 is 0. The number of nitrogens with one attached hydrogen (secondary N) is 1. The molecule has 1 atom stereocenters. The lowest BCUT2D eigenvalue weighted by Gasteiger charge is -2.24. The number of carbonyl (C=O) groups excluding carboxylic acids is 1. The van der Waals surface area contributed by atoms with Gasteiger partial charge in [-0.05, 0) is 51.7 Å². The van der Waals surface area contributed by atoms with Crippen molar-refractivity contribution in [2.75, 3.05) is 25.6 Å². The number of nitrogens with zero attached hydrogens (tertiary/aromatic N) is 5. The molecule has 1 amide bonds. The Morgan fingerprint density at radius 3 is 2.76 bits per heavy atom. The first-order valence-electron chi connectivity index (χ1n) is 12.6. The quantitative estimate of drug-likeness (QED) is 0.431. The first-order valence-corrected chi connectivity index (χ1v) is 12.6. The first-order chi connectivity index (χ1) is 17.7. The van der Waals surface area contributed by atoms with Crippen LogP contribution in [0.1, 0.15) is 45.6 Å². The van der Waals surface area contributed by atoms with Crippen LogP contribution in [0.15, 0.2) is 48.9 Å². The molecule has 1 saturated heterocycles. The molecule has 10 nitrogen and oxygen atoms in total. The molecule has 0 aliphatic carbocycles. The van der Waals surface area contributed by atoms with Crippen LogP contribution in [0.5, 0.6) is 0 Å². The molecular weight excluding hydrogens is 472 g/mol. The molecule has 1 aliphatic rings. The van der Waals surface area contributed by atoms with Gasteiger partial charge in [0.2, 0.25) is 5.95 Å². The minimum atomic E-state index is -0.523. The number of anilines is 2. The van der Waals surface area contributed by atoms with Crippen LogP contribution in [0, 0.1) is 0 Å². The predicted molar refractivity (Wildman–Crippen MR) is 140 cm³/mol. The Morgan fingerprint density at radius 1 is 1.22 bits per heavy atom. The van der Waals surface area contributed by atoms with Gasteiger partial charge < -0.3 is 24.4 Å². The van der Waals surface area contributed by atoms with Gasteiger partial charge in [-0.25, -0.2) is 14.8 Å². The van der Waals surface area contributed by atoms with Crippen LogP contribution in [0.3, 0.4) is 0 Å². The smallest absolute Gasteiger partial charge is 0.410 e. The summed E-state index contributed by atoms with van der Waals surface area (Å²) in [6.07, 6.45) is 8.11. The van der Waals surface area contributed by atoms with Gasteiger partial charge in [0.1, 0.15) is 5.60 Å². The number of hydrogen-bond acceptors (Lipinski definition) is 8. The van der Waals surface area contributed by atoms with E-state index in [1.807, 2.05) is 62.0 Å². The van der Waals surface area contributed by atoms with Gasteiger partial charge in [0.15, 0.2) is 6.29 Å². The average molecular weight is 509 g/mol. The van der Waals surface area contributed by atoms with Crippen molar-refractivity contribution in [2.24, 2.45) is 0 Å². The molecule has 3 heterocycles. The lowest BCUT2D eigenvalue weighted by molar-refractivity contribution is -0.163. The minimum absolute atomic E-state index is 0.0991. The second kappa shape index (κ2) is 12.2. The van der Waals surface area contributed by atoms with Gasteiger partial charge in [-0.15, -0.1) is 0 Å². The monoisotopic (exact) mass is 508 g/mol. The highest BCUT2D eigenvalue weighted by Crippen LogP contribution is 2.21. The molecule has 1 aromatic carbocycles. The highest BCUT2D eigenvalue weighted by molar-refractivity contribution is 5.68. The average Bonchev–Trinajstić information content (AvgIpc) is 3.31. The summed E-state index contributed by atoms with van der Waals surface area (Å²) in [5.41, 5.74) is 3.01. The third kappa shape index (κ3) is 8.26. The fraction of sp³-hybridized carbons (Fsp3) is 0.481. The molecule has 0 radical (unpaired) electrons. The van der Waals surface area contributed by atoms with Crippen LogP contribution in [0.2, 0.25) is 0 Å². The van der Waals surface area contributed by atoms with Crippen molar-refractivity contribution in [2.45, 2.75) is 65.0 Å². The van der Waals surface area contributed by atoms with Crippen molar-refractivity contribution in [3.8, 4) is 11.3 Å². The van der Waals surface area contributed by atoms with E-state index in [0.717, 1.165) is 48.4 Å². The molecule has 198 valence electrons. The van der Waals surface area contributed by atoms with Crippen LogP contribution in [-0.4, -0.2) is 62.9 Å². The van der Waals surface area contributed by atoms with Crippen LogP contribution in [0.25, 0.3) is 11.3 Å². The Balaban J connectivity index is 1.30. The molecule has 1 N–H and O–H groups in total. The van der Waals surface area contributed by atoms with Crippen LogP contribution in [0.4, 0.5) is 16.4 Å². The standard InChI is InChI=1S/C27H36N6O4/c1-27(2,3)37-26(34)32(4)18-20-8-10-21(11-9-20)23-12-13-28-25(31-23)30-22-17-29-33(19-22)14-16-36-24-7-5-6-15-35-24/h8-13,17,19,24H,5-7,14-16,18H2,1-4H3,(H,28,30,31). The molecular formula is C27H36N6O4. The summed E-state index contributed by atoms with van der Waals surface area (Å²) in [5, 5.41) is 7.60. The van der Waals surface area contributed by atoms with Crippen molar-refractivity contribution in [3.63, 3.8) is 0 Å². The number of hydrogen-bond donors (Lipinski definition) is 1. The lowest BCUT2D eigenvalue weighted by Crippen LogP contribution is -2.33. The minimum Gasteiger partial charge on any atom is -0.444 e. The van der Waals surface area contributed by atoms with Crippen LogP contribution >= 0.6 is 0 Å². The molecule has 10 heteroatoms. The van der Waals surface area contributed by atoms with Crippen LogP contribution < -0.4 is 5.32 Å². The van der Waals surface area contributed by atoms with E-state index in [1.165, 1.54) is 0 Å². The van der Waals surface area contributed by atoms with Gasteiger partial charge in [-0.2, -0.15) is 5.10 Å². The van der Waals surface area contributed by atoms with E-state index in [-0.39, 0.29) is 12.4 Å². The number of rotatable bonds is 9. The first kappa shape index (κ1) is 26.6. The fourth-order valence-electron chi connectivity index (χ4n) is 3.84. The Labute approximate surface area is 218 Å². The molecule has 4 rings (SSSR count). The second-order valence-electron chi connectivity index (χ2n) is 10.1. The van der Waals surface area contributed by atoms with Crippen molar-refractivity contribution < 1.29 is 19.0 Å². The van der Waals surface area contributed by atoms with Gasteiger partial charge in [0.25, 0.3) is 0 Å². The van der Waals surface area contributed by atoms with Crippen molar-refractivity contribution >= 4 is 17.7 Å². The topological polar surface area (TPSA) is 104 Å². The van der Waals surface area contributed by atoms with E-state index in [1.54, 1.807) is 24.3 Å². The number of aromatic nitrogens is 4. The summed E-state index contributed by atoms with van der Waals surface area (Å²) < 4.78 is 18.6. The molecule has 1 aliphatic heterocycles. The summed E-state index contributed by atoms with van der Waals surface area (Å²) in [4.78, 5) is 22.8. The molecule has 37 heavy (non-hydrogen) atoms. The van der Waals surface area contributed by atoms with E-state index in [2.05, 4.69) is 20.4 Å². The zero-order valence-electron chi connectivity index (χ0n) is 22.0. The van der Waals surface area contributed by atoms with Gasteiger partial charge in [-0.3, -0.25) is 4.68 Å². The molecule has 1 unspecified atom stereocenters.